The average Bonchev–Trinajstić information content (AvgIpc) is 3.30. The summed E-state index contributed by atoms with van der Waals surface area (Å²) in [6.45, 7) is 0. The van der Waals surface area contributed by atoms with Crippen molar-refractivity contribution in [1.29, 1.82) is 0 Å². The zero-order valence-electron chi connectivity index (χ0n) is 11.5. The summed E-state index contributed by atoms with van der Waals surface area (Å²) >= 11 is 3.48. The summed E-state index contributed by atoms with van der Waals surface area (Å²) in [4.78, 5) is 11.2. The monoisotopic (exact) mass is 333 g/mol. The highest BCUT2D eigenvalue weighted by Gasteiger charge is 2.27. The molecule has 2 aromatic rings. The van der Waals surface area contributed by atoms with Crippen molar-refractivity contribution >= 4 is 27.4 Å². The van der Waals surface area contributed by atoms with Gasteiger partial charge in [-0.1, -0.05) is 12.1 Å². The van der Waals surface area contributed by atoms with Crippen molar-refractivity contribution in [2.45, 2.75) is 18.8 Å². The van der Waals surface area contributed by atoms with E-state index in [1.807, 2.05) is 42.3 Å². The van der Waals surface area contributed by atoms with Gasteiger partial charge in [-0.25, -0.2) is 9.97 Å². The summed E-state index contributed by atoms with van der Waals surface area (Å²) in [5.41, 5.74) is 0.988. The standard InChI is InChI=1S/C15H16BrN3O/c1-19(11-5-3-4-6-12(11)20-2)14-9-13(16)17-15(18-14)10-7-8-10/h3-6,9-10H,7-8H2,1-2H3. The minimum absolute atomic E-state index is 0.525. The van der Waals surface area contributed by atoms with E-state index < -0.39 is 0 Å². The van der Waals surface area contributed by atoms with Crippen LogP contribution in [0.2, 0.25) is 0 Å². The lowest BCUT2D eigenvalue weighted by Gasteiger charge is -2.21. The molecule has 20 heavy (non-hydrogen) atoms. The molecule has 0 bridgehead atoms. The lowest BCUT2D eigenvalue weighted by molar-refractivity contribution is 0.415. The van der Waals surface area contributed by atoms with Gasteiger partial charge < -0.3 is 9.64 Å². The minimum atomic E-state index is 0.525. The maximum atomic E-state index is 5.41. The van der Waals surface area contributed by atoms with Gasteiger partial charge in [-0.2, -0.15) is 0 Å². The summed E-state index contributed by atoms with van der Waals surface area (Å²) in [6, 6.07) is 9.85. The second kappa shape index (κ2) is 5.40. The number of para-hydroxylation sites is 2. The molecule has 1 aromatic heterocycles. The van der Waals surface area contributed by atoms with Crippen molar-refractivity contribution in [3.8, 4) is 5.75 Å². The molecule has 3 rings (SSSR count). The topological polar surface area (TPSA) is 38.2 Å². The van der Waals surface area contributed by atoms with Crippen LogP contribution < -0.4 is 9.64 Å². The fraction of sp³-hybridized carbons (Fsp3) is 0.333. The van der Waals surface area contributed by atoms with E-state index in [2.05, 4.69) is 25.9 Å². The predicted molar refractivity (Wildman–Crippen MR) is 82.8 cm³/mol. The van der Waals surface area contributed by atoms with E-state index in [1.165, 1.54) is 12.8 Å². The summed E-state index contributed by atoms with van der Waals surface area (Å²) in [5, 5.41) is 0. The molecule has 1 aliphatic rings. The van der Waals surface area contributed by atoms with Crippen LogP contribution in [0.25, 0.3) is 0 Å². The molecular formula is C15H16BrN3O. The maximum Gasteiger partial charge on any atom is 0.142 e. The van der Waals surface area contributed by atoms with Gasteiger partial charge in [0.1, 0.15) is 22.0 Å². The van der Waals surface area contributed by atoms with Crippen molar-refractivity contribution in [3.63, 3.8) is 0 Å². The van der Waals surface area contributed by atoms with Crippen molar-refractivity contribution in [2.24, 2.45) is 0 Å². The molecule has 0 amide bonds. The number of aromatic nitrogens is 2. The predicted octanol–water partition coefficient (Wildman–Crippen LogP) is 3.89. The van der Waals surface area contributed by atoms with Crippen LogP contribution in [0.4, 0.5) is 11.5 Å². The first-order valence-corrected chi connectivity index (χ1v) is 7.39. The van der Waals surface area contributed by atoms with E-state index in [1.54, 1.807) is 7.11 Å². The molecule has 0 spiro atoms. The van der Waals surface area contributed by atoms with E-state index >= 15 is 0 Å². The number of halogens is 1. The third kappa shape index (κ3) is 2.63. The van der Waals surface area contributed by atoms with Crippen LogP contribution >= 0.6 is 15.9 Å². The van der Waals surface area contributed by atoms with Gasteiger partial charge in [0.15, 0.2) is 0 Å². The smallest absolute Gasteiger partial charge is 0.142 e. The minimum Gasteiger partial charge on any atom is -0.495 e. The SMILES string of the molecule is COc1ccccc1N(C)c1cc(Br)nc(C2CC2)n1. The average molecular weight is 334 g/mol. The molecule has 0 N–H and O–H groups in total. The highest BCUT2D eigenvalue weighted by molar-refractivity contribution is 9.10. The van der Waals surface area contributed by atoms with Crippen LogP contribution in [0.15, 0.2) is 34.9 Å². The Kier molecular flexibility index (Phi) is 3.61. The van der Waals surface area contributed by atoms with Crippen molar-refractivity contribution in [2.75, 3.05) is 19.1 Å². The van der Waals surface area contributed by atoms with Gasteiger partial charge in [0.25, 0.3) is 0 Å². The zero-order valence-corrected chi connectivity index (χ0v) is 13.1. The third-order valence-corrected chi connectivity index (χ3v) is 3.84. The Morgan fingerprint density at radius 3 is 2.70 bits per heavy atom. The number of hydrogen-bond acceptors (Lipinski definition) is 4. The maximum absolute atomic E-state index is 5.41. The van der Waals surface area contributed by atoms with Crippen molar-refractivity contribution < 1.29 is 4.74 Å². The fourth-order valence-electron chi connectivity index (χ4n) is 2.15. The molecule has 5 heteroatoms. The van der Waals surface area contributed by atoms with Crippen LogP contribution in [-0.2, 0) is 0 Å². The Morgan fingerprint density at radius 2 is 2.00 bits per heavy atom. The van der Waals surface area contributed by atoms with Gasteiger partial charge >= 0.3 is 0 Å². The highest BCUT2D eigenvalue weighted by atomic mass is 79.9. The lowest BCUT2D eigenvalue weighted by Crippen LogP contribution is -2.13. The van der Waals surface area contributed by atoms with E-state index in [0.717, 1.165) is 27.7 Å². The van der Waals surface area contributed by atoms with E-state index in [0.29, 0.717) is 5.92 Å². The van der Waals surface area contributed by atoms with Crippen molar-refractivity contribution in [1.82, 2.24) is 9.97 Å². The first-order valence-electron chi connectivity index (χ1n) is 6.60. The quantitative estimate of drug-likeness (QED) is 0.795. The molecule has 1 aliphatic carbocycles. The molecule has 1 heterocycles. The molecule has 1 aromatic carbocycles. The van der Waals surface area contributed by atoms with Crippen LogP contribution in [0, 0.1) is 0 Å². The number of rotatable bonds is 4. The van der Waals surface area contributed by atoms with Crippen LogP contribution in [0.1, 0.15) is 24.6 Å². The third-order valence-electron chi connectivity index (χ3n) is 3.43. The number of hydrogen-bond donors (Lipinski definition) is 0. The zero-order chi connectivity index (χ0) is 14.1. The molecule has 0 unspecified atom stereocenters. The van der Waals surface area contributed by atoms with Gasteiger partial charge in [0, 0.05) is 19.0 Å². The second-order valence-electron chi connectivity index (χ2n) is 4.91. The number of methoxy groups -OCH3 is 1. The normalized spacial score (nSPS) is 14.2. The molecule has 104 valence electrons. The molecule has 0 saturated heterocycles. The van der Waals surface area contributed by atoms with Gasteiger partial charge in [0.05, 0.1) is 12.8 Å². The van der Waals surface area contributed by atoms with Crippen molar-refractivity contribution in [3.05, 3.63) is 40.8 Å². The summed E-state index contributed by atoms with van der Waals surface area (Å²) in [7, 11) is 3.67. The number of ether oxygens (including phenoxy) is 1. The molecule has 1 saturated carbocycles. The number of nitrogens with zero attached hydrogens (tertiary/aromatic N) is 3. The molecule has 4 nitrogen and oxygen atoms in total. The molecule has 0 radical (unpaired) electrons. The van der Waals surface area contributed by atoms with Crippen LogP contribution in [-0.4, -0.2) is 24.1 Å². The van der Waals surface area contributed by atoms with Crippen LogP contribution in [0.3, 0.4) is 0 Å². The molecule has 1 fully saturated rings. The molecule has 0 atom stereocenters. The van der Waals surface area contributed by atoms with Gasteiger partial charge in [-0.05, 0) is 40.9 Å². The first kappa shape index (κ1) is 13.4. The van der Waals surface area contributed by atoms with Gasteiger partial charge in [-0.15, -0.1) is 0 Å². The number of benzene rings is 1. The van der Waals surface area contributed by atoms with E-state index in [-0.39, 0.29) is 0 Å². The van der Waals surface area contributed by atoms with E-state index in [4.69, 9.17) is 4.74 Å². The number of anilines is 2. The lowest BCUT2D eigenvalue weighted by atomic mass is 10.2. The second-order valence-corrected chi connectivity index (χ2v) is 5.72. The van der Waals surface area contributed by atoms with E-state index in [9.17, 15) is 0 Å². The largest absolute Gasteiger partial charge is 0.495 e. The Balaban J connectivity index is 1.99. The highest BCUT2D eigenvalue weighted by Crippen LogP contribution is 2.40. The van der Waals surface area contributed by atoms with Gasteiger partial charge in [0.2, 0.25) is 0 Å². The molecule has 0 aliphatic heterocycles. The summed E-state index contributed by atoms with van der Waals surface area (Å²) < 4.78 is 6.24. The Morgan fingerprint density at radius 1 is 1.25 bits per heavy atom. The van der Waals surface area contributed by atoms with Gasteiger partial charge in [-0.3, -0.25) is 0 Å². The Bertz CT molecular complexity index is 628. The Hall–Kier alpha value is -1.62. The molecular weight excluding hydrogens is 318 g/mol. The first-order chi connectivity index (χ1) is 9.69. The Labute approximate surface area is 126 Å². The van der Waals surface area contributed by atoms with Crippen LogP contribution in [0.5, 0.6) is 5.75 Å². The fourth-order valence-corrected chi connectivity index (χ4v) is 2.54. The summed E-state index contributed by atoms with van der Waals surface area (Å²) in [5.74, 6) is 3.16. The summed E-state index contributed by atoms with van der Waals surface area (Å²) in [6.07, 6.45) is 2.38.